The van der Waals surface area contributed by atoms with Gasteiger partial charge in [-0.15, -0.1) is 0 Å². The van der Waals surface area contributed by atoms with Crippen LogP contribution in [0, 0.1) is 12.8 Å². The van der Waals surface area contributed by atoms with Gasteiger partial charge in [0.1, 0.15) is 0 Å². The van der Waals surface area contributed by atoms with Gasteiger partial charge in [-0.2, -0.15) is 0 Å². The van der Waals surface area contributed by atoms with Gasteiger partial charge in [0, 0.05) is 16.9 Å². The summed E-state index contributed by atoms with van der Waals surface area (Å²) >= 11 is 0. The van der Waals surface area contributed by atoms with E-state index in [1.54, 1.807) is 31.2 Å². The molecule has 0 bridgehead atoms. The third-order valence-corrected chi connectivity index (χ3v) is 5.97. The standard InChI is InChI=1S/C18H27N3O2S/c1-5-6-7-8-18(20-21-19)17(14(2)3)13-24(22,23)16-11-9-15(4)10-12-16/h9-12,17-18H,2,5-8,13H2,1,3-4H3/t17-,18+/m1/s1. The number of benzene rings is 1. The molecule has 1 aromatic carbocycles. The van der Waals surface area contributed by atoms with E-state index in [1.807, 2.05) is 6.92 Å². The number of rotatable bonds is 10. The number of azide groups is 1. The lowest BCUT2D eigenvalue weighted by molar-refractivity contribution is 0.457. The summed E-state index contributed by atoms with van der Waals surface area (Å²) in [5.41, 5.74) is 10.6. The van der Waals surface area contributed by atoms with Crippen LogP contribution in [0.3, 0.4) is 0 Å². The van der Waals surface area contributed by atoms with Gasteiger partial charge >= 0.3 is 0 Å². The number of nitrogens with zero attached hydrogens (tertiary/aromatic N) is 3. The molecule has 0 unspecified atom stereocenters. The minimum Gasteiger partial charge on any atom is -0.224 e. The summed E-state index contributed by atoms with van der Waals surface area (Å²) in [6.45, 7) is 9.74. The maximum absolute atomic E-state index is 12.7. The van der Waals surface area contributed by atoms with Gasteiger partial charge < -0.3 is 0 Å². The van der Waals surface area contributed by atoms with Crippen LogP contribution in [0.1, 0.15) is 45.1 Å². The molecule has 1 rings (SSSR count). The van der Waals surface area contributed by atoms with E-state index in [0.29, 0.717) is 11.3 Å². The maximum Gasteiger partial charge on any atom is 0.178 e. The second kappa shape index (κ2) is 9.50. The van der Waals surface area contributed by atoms with Gasteiger partial charge in [0.25, 0.3) is 0 Å². The number of sulfone groups is 1. The predicted octanol–water partition coefficient (Wildman–Crippen LogP) is 5.22. The number of unbranched alkanes of at least 4 members (excludes halogenated alkanes) is 2. The minimum absolute atomic E-state index is 0.0821. The zero-order chi connectivity index (χ0) is 18.2. The van der Waals surface area contributed by atoms with Crippen LogP contribution in [0.5, 0.6) is 0 Å². The Kier molecular flexibility index (Phi) is 8.02. The molecule has 1 aromatic rings. The molecule has 0 amide bonds. The molecule has 0 aliphatic heterocycles. The normalized spacial score (nSPS) is 13.8. The first-order valence-electron chi connectivity index (χ1n) is 8.30. The van der Waals surface area contributed by atoms with E-state index >= 15 is 0 Å². The minimum atomic E-state index is -3.46. The molecule has 5 nitrogen and oxygen atoms in total. The molecule has 0 saturated heterocycles. The average molecular weight is 350 g/mol. The van der Waals surface area contributed by atoms with E-state index in [9.17, 15) is 8.42 Å². The largest absolute Gasteiger partial charge is 0.224 e. The fraction of sp³-hybridized carbons (Fsp3) is 0.556. The van der Waals surface area contributed by atoms with E-state index in [2.05, 4.69) is 23.5 Å². The molecule has 0 aromatic heterocycles. The molecule has 24 heavy (non-hydrogen) atoms. The Bertz CT molecular complexity index is 689. The monoisotopic (exact) mass is 349 g/mol. The highest BCUT2D eigenvalue weighted by atomic mass is 32.2. The summed E-state index contributed by atoms with van der Waals surface area (Å²) in [4.78, 5) is 3.22. The van der Waals surface area contributed by atoms with Gasteiger partial charge in [-0.3, -0.25) is 0 Å². The molecule has 0 fully saturated rings. The van der Waals surface area contributed by atoms with E-state index < -0.39 is 9.84 Å². The van der Waals surface area contributed by atoms with Gasteiger partial charge in [0.2, 0.25) is 0 Å². The molecule has 0 saturated carbocycles. The molecule has 2 atom stereocenters. The van der Waals surface area contributed by atoms with Crippen LogP contribution >= 0.6 is 0 Å². The lowest BCUT2D eigenvalue weighted by Gasteiger charge is -2.24. The van der Waals surface area contributed by atoms with Gasteiger partial charge in [0.05, 0.1) is 10.6 Å². The molecule has 0 N–H and O–H groups in total. The van der Waals surface area contributed by atoms with E-state index in [4.69, 9.17) is 5.53 Å². The summed E-state index contributed by atoms with van der Waals surface area (Å²) in [6.07, 6.45) is 3.68. The molecule has 0 heterocycles. The second-order valence-electron chi connectivity index (χ2n) is 6.32. The maximum atomic E-state index is 12.7. The number of hydrogen-bond acceptors (Lipinski definition) is 3. The molecular weight excluding hydrogens is 322 g/mol. The lowest BCUT2D eigenvalue weighted by Crippen LogP contribution is -2.27. The van der Waals surface area contributed by atoms with Crippen LogP contribution in [0.2, 0.25) is 0 Å². The lowest BCUT2D eigenvalue weighted by atomic mass is 9.91. The van der Waals surface area contributed by atoms with Crippen molar-refractivity contribution in [2.24, 2.45) is 11.0 Å². The van der Waals surface area contributed by atoms with Gasteiger partial charge in [-0.1, -0.05) is 61.1 Å². The Balaban J connectivity index is 3.03. The zero-order valence-electron chi connectivity index (χ0n) is 14.8. The third kappa shape index (κ3) is 6.02. The van der Waals surface area contributed by atoms with Gasteiger partial charge in [-0.25, -0.2) is 8.42 Å². The average Bonchev–Trinajstić information content (AvgIpc) is 2.52. The number of aryl methyl sites for hydroxylation is 1. The van der Waals surface area contributed by atoms with Crippen molar-refractivity contribution in [1.82, 2.24) is 0 Å². The Morgan fingerprint density at radius 2 is 1.92 bits per heavy atom. The Labute approximate surface area is 145 Å². The van der Waals surface area contributed by atoms with Crippen molar-refractivity contribution in [3.8, 4) is 0 Å². The topological polar surface area (TPSA) is 82.9 Å². The quantitative estimate of drug-likeness (QED) is 0.191. The fourth-order valence-electron chi connectivity index (χ4n) is 2.67. The van der Waals surface area contributed by atoms with E-state index in [0.717, 1.165) is 30.4 Å². The summed E-state index contributed by atoms with van der Waals surface area (Å²) in [5.74, 6) is -0.453. The highest BCUT2D eigenvalue weighted by molar-refractivity contribution is 7.91. The first-order chi connectivity index (χ1) is 11.3. The Morgan fingerprint density at radius 3 is 2.42 bits per heavy atom. The number of hydrogen-bond donors (Lipinski definition) is 0. The van der Waals surface area contributed by atoms with Crippen molar-refractivity contribution in [2.75, 3.05) is 5.75 Å². The van der Waals surface area contributed by atoms with Crippen molar-refractivity contribution in [2.45, 2.75) is 57.4 Å². The smallest absolute Gasteiger partial charge is 0.178 e. The first-order valence-corrected chi connectivity index (χ1v) is 9.96. The van der Waals surface area contributed by atoms with Crippen LogP contribution < -0.4 is 0 Å². The third-order valence-electron chi connectivity index (χ3n) is 4.18. The van der Waals surface area contributed by atoms with Crippen LogP contribution in [-0.4, -0.2) is 20.2 Å². The van der Waals surface area contributed by atoms with Crippen molar-refractivity contribution >= 4 is 9.84 Å². The summed E-state index contributed by atoms with van der Waals surface area (Å²) in [7, 11) is -3.46. The SMILES string of the molecule is C=C(C)[C@@H](CS(=O)(=O)c1ccc(C)cc1)[C@H](CCCCC)N=[N+]=[N-]. The molecule has 0 radical (unpaired) electrons. The molecule has 0 aliphatic carbocycles. The Hall–Kier alpha value is -1.78. The predicted molar refractivity (Wildman–Crippen MR) is 98.6 cm³/mol. The molecule has 132 valence electrons. The van der Waals surface area contributed by atoms with Crippen LogP contribution in [-0.2, 0) is 9.84 Å². The van der Waals surface area contributed by atoms with Gasteiger partial charge in [0.15, 0.2) is 9.84 Å². The van der Waals surface area contributed by atoms with Crippen molar-refractivity contribution in [3.05, 3.63) is 52.4 Å². The highest BCUT2D eigenvalue weighted by Gasteiger charge is 2.28. The second-order valence-corrected chi connectivity index (χ2v) is 8.35. The van der Waals surface area contributed by atoms with Gasteiger partial charge in [-0.05, 0) is 37.9 Å². The first kappa shape index (κ1) is 20.3. The van der Waals surface area contributed by atoms with Crippen LogP contribution in [0.25, 0.3) is 10.4 Å². The van der Waals surface area contributed by atoms with E-state index in [1.165, 1.54) is 0 Å². The van der Waals surface area contributed by atoms with Crippen LogP contribution in [0.4, 0.5) is 0 Å². The summed E-state index contributed by atoms with van der Waals surface area (Å²) in [6, 6.07) is 6.45. The molecule has 0 aliphatic rings. The molecule has 6 heteroatoms. The van der Waals surface area contributed by atoms with Crippen LogP contribution in [0.15, 0.2) is 46.4 Å². The summed E-state index contributed by atoms with van der Waals surface area (Å²) in [5, 5.41) is 3.86. The van der Waals surface area contributed by atoms with Crippen molar-refractivity contribution in [1.29, 1.82) is 0 Å². The zero-order valence-corrected chi connectivity index (χ0v) is 15.6. The molecule has 0 spiro atoms. The Morgan fingerprint density at radius 1 is 1.29 bits per heavy atom. The van der Waals surface area contributed by atoms with E-state index in [-0.39, 0.29) is 17.7 Å². The highest BCUT2D eigenvalue weighted by Crippen LogP contribution is 2.26. The van der Waals surface area contributed by atoms with Crippen molar-refractivity contribution < 1.29 is 8.42 Å². The fourth-order valence-corrected chi connectivity index (χ4v) is 4.39. The summed E-state index contributed by atoms with van der Waals surface area (Å²) < 4.78 is 25.4. The van der Waals surface area contributed by atoms with Crippen molar-refractivity contribution in [3.63, 3.8) is 0 Å². The molecular formula is C18H27N3O2S.